The zero-order valence-electron chi connectivity index (χ0n) is 10.5. The van der Waals surface area contributed by atoms with Gasteiger partial charge in [0.15, 0.2) is 0 Å². The second kappa shape index (κ2) is 6.02. The van der Waals surface area contributed by atoms with Crippen molar-refractivity contribution in [3.63, 3.8) is 0 Å². The summed E-state index contributed by atoms with van der Waals surface area (Å²) in [4.78, 5) is 0. The summed E-state index contributed by atoms with van der Waals surface area (Å²) < 4.78 is 6.10. The van der Waals surface area contributed by atoms with Crippen LogP contribution >= 0.6 is 0 Å². The highest BCUT2D eigenvalue weighted by Crippen LogP contribution is 2.40. The summed E-state index contributed by atoms with van der Waals surface area (Å²) in [5.41, 5.74) is 0. The molecular formula is C14H26O2. The lowest BCUT2D eigenvalue weighted by Gasteiger charge is -2.44. The highest BCUT2D eigenvalue weighted by atomic mass is 16.5. The van der Waals surface area contributed by atoms with E-state index in [0.717, 1.165) is 18.3 Å². The molecule has 2 aliphatic rings. The van der Waals surface area contributed by atoms with Gasteiger partial charge in [0, 0.05) is 0 Å². The number of aliphatic hydroxyl groups excluding tert-OH is 1. The summed E-state index contributed by atoms with van der Waals surface area (Å²) >= 11 is 0. The van der Waals surface area contributed by atoms with E-state index in [1.807, 2.05) is 0 Å². The summed E-state index contributed by atoms with van der Waals surface area (Å²) in [7, 11) is 0. The van der Waals surface area contributed by atoms with Crippen molar-refractivity contribution in [2.45, 2.75) is 70.5 Å². The smallest absolute Gasteiger partial charge is 0.0809 e. The molecule has 1 N–H and O–H groups in total. The van der Waals surface area contributed by atoms with Crippen LogP contribution in [0.4, 0.5) is 0 Å². The van der Waals surface area contributed by atoms with Gasteiger partial charge in [0.05, 0.1) is 18.8 Å². The van der Waals surface area contributed by atoms with E-state index in [9.17, 15) is 5.11 Å². The molecule has 1 aliphatic heterocycles. The number of unbranched alkanes of at least 4 members (excludes halogenated alkanes) is 1. The van der Waals surface area contributed by atoms with E-state index in [1.165, 1.54) is 44.9 Å². The average molecular weight is 226 g/mol. The van der Waals surface area contributed by atoms with Gasteiger partial charge in [-0.15, -0.1) is 0 Å². The number of hydrogen-bond acceptors (Lipinski definition) is 2. The molecular weight excluding hydrogens is 200 g/mol. The van der Waals surface area contributed by atoms with Crippen molar-refractivity contribution in [2.24, 2.45) is 11.8 Å². The molecule has 1 heterocycles. The first-order valence-electron chi connectivity index (χ1n) is 7.11. The first-order chi connectivity index (χ1) is 7.85. The Morgan fingerprint density at radius 3 is 2.81 bits per heavy atom. The summed E-state index contributed by atoms with van der Waals surface area (Å²) in [6.07, 6.45) is 11.0. The predicted molar refractivity (Wildman–Crippen MR) is 65.3 cm³/mol. The van der Waals surface area contributed by atoms with Crippen LogP contribution in [0.3, 0.4) is 0 Å². The fraction of sp³-hybridized carbons (Fsp3) is 1.00. The summed E-state index contributed by atoms with van der Waals surface area (Å²) in [6, 6.07) is 0. The van der Waals surface area contributed by atoms with Crippen LogP contribution in [0.2, 0.25) is 0 Å². The molecule has 2 fully saturated rings. The van der Waals surface area contributed by atoms with Gasteiger partial charge in [-0.25, -0.2) is 0 Å². The summed E-state index contributed by atoms with van der Waals surface area (Å²) in [5, 5.41) is 9.22. The standard InChI is InChI=1S/C14H26O2/c1-2-3-5-11-6-4-7-12-8-9-13(10-15)16-14(11)12/h11-15H,2-10H2,1H3. The van der Waals surface area contributed by atoms with Gasteiger partial charge >= 0.3 is 0 Å². The van der Waals surface area contributed by atoms with Crippen LogP contribution in [0, 0.1) is 11.8 Å². The second-order valence-corrected chi connectivity index (χ2v) is 5.58. The Morgan fingerprint density at radius 1 is 1.19 bits per heavy atom. The van der Waals surface area contributed by atoms with Crippen LogP contribution in [0.5, 0.6) is 0 Å². The minimum Gasteiger partial charge on any atom is -0.394 e. The van der Waals surface area contributed by atoms with Crippen molar-refractivity contribution in [1.29, 1.82) is 0 Å². The van der Waals surface area contributed by atoms with E-state index < -0.39 is 0 Å². The summed E-state index contributed by atoms with van der Waals surface area (Å²) in [5.74, 6) is 1.56. The molecule has 1 saturated carbocycles. The monoisotopic (exact) mass is 226 g/mol. The molecule has 2 heteroatoms. The molecule has 0 aromatic rings. The Hall–Kier alpha value is -0.0800. The number of ether oxygens (including phenoxy) is 1. The van der Waals surface area contributed by atoms with Crippen molar-refractivity contribution in [3.05, 3.63) is 0 Å². The molecule has 0 bridgehead atoms. The molecule has 94 valence electrons. The largest absolute Gasteiger partial charge is 0.394 e. The third kappa shape index (κ3) is 2.78. The minimum absolute atomic E-state index is 0.128. The summed E-state index contributed by atoms with van der Waals surface area (Å²) in [6.45, 7) is 2.47. The molecule has 0 spiro atoms. The number of aliphatic hydroxyl groups is 1. The fourth-order valence-electron chi connectivity index (χ4n) is 3.49. The quantitative estimate of drug-likeness (QED) is 0.798. The van der Waals surface area contributed by atoms with Crippen LogP contribution in [0.1, 0.15) is 58.3 Å². The second-order valence-electron chi connectivity index (χ2n) is 5.58. The molecule has 0 radical (unpaired) electrons. The van der Waals surface area contributed by atoms with Gasteiger partial charge in [-0.3, -0.25) is 0 Å². The minimum atomic E-state index is 0.128. The SMILES string of the molecule is CCCCC1CCCC2CCC(CO)OC12. The lowest BCUT2D eigenvalue weighted by molar-refractivity contribution is -0.139. The Kier molecular flexibility index (Phi) is 4.66. The van der Waals surface area contributed by atoms with E-state index >= 15 is 0 Å². The van der Waals surface area contributed by atoms with Crippen molar-refractivity contribution in [2.75, 3.05) is 6.61 Å². The Bertz CT molecular complexity index is 205. The van der Waals surface area contributed by atoms with Gasteiger partial charge in [-0.05, 0) is 43.9 Å². The molecule has 0 aromatic carbocycles. The third-order valence-corrected chi connectivity index (χ3v) is 4.42. The molecule has 1 saturated heterocycles. The van der Waals surface area contributed by atoms with E-state index in [1.54, 1.807) is 0 Å². The molecule has 2 rings (SSSR count). The van der Waals surface area contributed by atoms with Crippen LogP contribution in [-0.2, 0) is 4.74 Å². The molecule has 16 heavy (non-hydrogen) atoms. The zero-order chi connectivity index (χ0) is 11.4. The first-order valence-corrected chi connectivity index (χ1v) is 7.11. The van der Waals surface area contributed by atoms with Crippen LogP contribution < -0.4 is 0 Å². The molecule has 4 atom stereocenters. The van der Waals surface area contributed by atoms with Gasteiger partial charge in [0.2, 0.25) is 0 Å². The van der Waals surface area contributed by atoms with Crippen molar-refractivity contribution in [3.8, 4) is 0 Å². The molecule has 0 amide bonds. The van der Waals surface area contributed by atoms with Gasteiger partial charge in [0.1, 0.15) is 0 Å². The van der Waals surface area contributed by atoms with Gasteiger partial charge in [-0.1, -0.05) is 26.2 Å². The molecule has 4 unspecified atom stereocenters. The third-order valence-electron chi connectivity index (χ3n) is 4.42. The van der Waals surface area contributed by atoms with Crippen LogP contribution in [-0.4, -0.2) is 23.9 Å². The maximum absolute atomic E-state index is 9.22. The van der Waals surface area contributed by atoms with Gasteiger partial charge < -0.3 is 9.84 Å². The highest BCUT2D eigenvalue weighted by molar-refractivity contribution is 4.87. The highest BCUT2D eigenvalue weighted by Gasteiger charge is 2.38. The number of fused-ring (bicyclic) bond motifs is 1. The van der Waals surface area contributed by atoms with E-state index in [-0.39, 0.29) is 12.7 Å². The van der Waals surface area contributed by atoms with E-state index in [0.29, 0.717) is 6.10 Å². The lowest BCUT2D eigenvalue weighted by Crippen LogP contribution is -2.43. The maximum atomic E-state index is 9.22. The molecule has 1 aliphatic carbocycles. The van der Waals surface area contributed by atoms with Gasteiger partial charge in [-0.2, -0.15) is 0 Å². The number of hydrogen-bond donors (Lipinski definition) is 1. The normalized spacial score (nSPS) is 39.4. The van der Waals surface area contributed by atoms with Crippen molar-refractivity contribution >= 4 is 0 Å². The predicted octanol–water partition coefficient (Wildman–Crippen LogP) is 3.13. The zero-order valence-corrected chi connectivity index (χ0v) is 10.5. The Balaban J connectivity index is 1.92. The maximum Gasteiger partial charge on any atom is 0.0809 e. The number of rotatable bonds is 4. The Labute approximate surface area is 99.4 Å². The molecule has 0 aromatic heterocycles. The van der Waals surface area contributed by atoms with Crippen LogP contribution in [0.25, 0.3) is 0 Å². The topological polar surface area (TPSA) is 29.5 Å². The average Bonchev–Trinajstić information content (AvgIpc) is 2.35. The van der Waals surface area contributed by atoms with E-state index in [2.05, 4.69) is 6.92 Å². The lowest BCUT2D eigenvalue weighted by atomic mass is 9.73. The van der Waals surface area contributed by atoms with E-state index in [4.69, 9.17) is 4.74 Å². The fourth-order valence-corrected chi connectivity index (χ4v) is 3.49. The molecule has 2 nitrogen and oxygen atoms in total. The van der Waals surface area contributed by atoms with Crippen molar-refractivity contribution in [1.82, 2.24) is 0 Å². The Morgan fingerprint density at radius 2 is 2.06 bits per heavy atom. The van der Waals surface area contributed by atoms with Crippen LogP contribution in [0.15, 0.2) is 0 Å². The van der Waals surface area contributed by atoms with Gasteiger partial charge in [0.25, 0.3) is 0 Å². The first kappa shape index (κ1) is 12.4. The van der Waals surface area contributed by atoms with Crippen molar-refractivity contribution < 1.29 is 9.84 Å².